The van der Waals surface area contributed by atoms with Crippen molar-refractivity contribution in [1.29, 1.82) is 0 Å². The summed E-state index contributed by atoms with van der Waals surface area (Å²) in [6.07, 6.45) is 87.1. The standard InChI is InChI=1S/C85H142O17P2/c1-5-9-13-17-21-25-29-33-36-38-39-41-43-47-50-54-58-62-66-70-83(88)96-76-81(102-85(90)72-68-64-60-56-52-48-44-40-37-34-30-26-22-18-14-10-6-2)78-100-104(93,94)98-74-79(86)73-97-103(91,92)99-77-80(101-84(89)71-67-63-59-55-51-45-32-28-24-20-16-12-8-4)75-95-82(87)69-65-61-57-53-49-46-42-35-31-27-23-19-15-11-7-3/h9-10,13-14,21-22,25-26,28,32-34,36-37,39,41,44,47-48,50,56,58,60,62,79-81,86H,5-8,11-12,15-20,23-24,27,29-31,35,38,40,42-43,45-46,49,51-55,57,59,61,63-78H2,1-4H3,(H,91,92)(H,93,94)/b13-9-,14-10-,25-21-,26-22-,32-28-,36-33-,37-34-,41-39-,48-44-,50-47-,60-56-,62-58-. The molecule has 0 aliphatic carbocycles. The summed E-state index contributed by atoms with van der Waals surface area (Å²) in [7, 11) is -10.0. The zero-order valence-electron chi connectivity index (χ0n) is 64.9. The molecule has 0 saturated heterocycles. The van der Waals surface area contributed by atoms with Gasteiger partial charge in [0.1, 0.15) is 19.3 Å². The van der Waals surface area contributed by atoms with E-state index in [4.69, 9.17) is 37.0 Å². The minimum absolute atomic E-state index is 0.00366. The van der Waals surface area contributed by atoms with Gasteiger partial charge in [-0.15, -0.1) is 0 Å². The Bertz CT molecular complexity index is 2540. The van der Waals surface area contributed by atoms with Crippen LogP contribution in [0.2, 0.25) is 0 Å². The molecule has 0 amide bonds. The fourth-order valence-electron chi connectivity index (χ4n) is 10.3. The molecule has 0 spiro atoms. The Balaban J connectivity index is 5.48. The van der Waals surface area contributed by atoms with Crippen molar-refractivity contribution in [1.82, 2.24) is 0 Å². The smallest absolute Gasteiger partial charge is 0.462 e. The lowest BCUT2D eigenvalue weighted by Crippen LogP contribution is -2.30. The molecule has 0 aromatic heterocycles. The molecular weight excluding hydrogens is 1350 g/mol. The minimum Gasteiger partial charge on any atom is -0.462 e. The summed E-state index contributed by atoms with van der Waals surface area (Å²) in [5, 5.41) is 10.6. The third-order valence-corrected chi connectivity index (χ3v) is 18.2. The van der Waals surface area contributed by atoms with Crippen LogP contribution in [0.1, 0.15) is 310 Å². The van der Waals surface area contributed by atoms with Crippen molar-refractivity contribution >= 4 is 39.5 Å². The van der Waals surface area contributed by atoms with E-state index < -0.39 is 97.5 Å². The average Bonchev–Trinajstić information content (AvgIpc) is 0.911. The van der Waals surface area contributed by atoms with Crippen molar-refractivity contribution in [2.75, 3.05) is 39.6 Å². The van der Waals surface area contributed by atoms with Crippen molar-refractivity contribution in [3.8, 4) is 0 Å². The predicted octanol–water partition coefficient (Wildman–Crippen LogP) is 23.4. The van der Waals surface area contributed by atoms with Gasteiger partial charge in [0.2, 0.25) is 0 Å². The first-order valence-electron chi connectivity index (χ1n) is 40.1. The van der Waals surface area contributed by atoms with E-state index in [1.807, 2.05) is 30.4 Å². The molecule has 0 rings (SSSR count). The highest BCUT2D eigenvalue weighted by Crippen LogP contribution is 2.45. The largest absolute Gasteiger partial charge is 0.472 e. The van der Waals surface area contributed by atoms with Crippen LogP contribution in [-0.2, 0) is 65.4 Å². The molecule has 0 radical (unpaired) electrons. The van der Waals surface area contributed by atoms with E-state index in [0.717, 1.165) is 122 Å². The van der Waals surface area contributed by atoms with Crippen molar-refractivity contribution < 1.29 is 80.2 Å². The maximum absolute atomic E-state index is 13.1. The van der Waals surface area contributed by atoms with Gasteiger partial charge in [-0.1, -0.05) is 302 Å². The molecule has 594 valence electrons. The Morgan fingerprint density at radius 3 is 0.885 bits per heavy atom. The number of carbonyl (C=O) groups is 4. The van der Waals surface area contributed by atoms with E-state index in [0.29, 0.717) is 38.5 Å². The van der Waals surface area contributed by atoms with Gasteiger partial charge in [0.05, 0.1) is 26.4 Å². The van der Waals surface area contributed by atoms with Gasteiger partial charge in [0, 0.05) is 25.7 Å². The van der Waals surface area contributed by atoms with Crippen LogP contribution in [0, 0.1) is 0 Å². The van der Waals surface area contributed by atoms with Crippen LogP contribution in [0.15, 0.2) is 146 Å². The molecule has 17 nitrogen and oxygen atoms in total. The summed E-state index contributed by atoms with van der Waals surface area (Å²) in [5.74, 6) is -2.35. The fraction of sp³-hybridized carbons (Fsp3) is 0.671. The number of esters is 4. The summed E-state index contributed by atoms with van der Waals surface area (Å²) in [6.45, 7) is 4.48. The lowest BCUT2D eigenvalue weighted by Gasteiger charge is -2.21. The highest BCUT2D eigenvalue weighted by Gasteiger charge is 2.30. The number of unbranched alkanes of at least 4 members (excludes halogenated alkanes) is 24. The molecular formula is C85H142O17P2. The number of aliphatic hydroxyl groups is 1. The third-order valence-electron chi connectivity index (χ3n) is 16.3. The molecule has 104 heavy (non-hydrogen) atoms. The quantitative estimate of drug-likeness (QED) is 0.0169. The third kappa shape index (κ3) is 75.2. The van der Waals surface area contributed by atoms with Crippen molar-refractivity contribution in [3.63, 3.8) is 0 Å². The van der Waals surface area contributed by atoms with Gasteiger partial charge in [-0.25, -0.2) is 9.13 Å². The highest BCUT2D eigenvalue weighted by molar-refractivity contribution is 7.47. The van der Waals surface area contributed by atoms with Crippen LogP contribution in [0.25, 0.3) is 0 Å². The first-order chi connectivity index (χ1) is 50.7. The second-order valence-electron chi connectivity index (χ2n) is 26.2. The maximum Gasteiger partial charge on any atom is 0.472 e. The molecule has 0 saturated carbocycles. The molecule has 0 heterocycles. The number of aliphatic hydroxyl groups excluding tert-OH is 1. The zero-order chi connectivity index (χ0) is 76.0. The molecule has 3 N–H and O–H groups in total. The number of rotatable bonds is 74. The van der Waals surface area contributed by atoms with E-state index in [2.05, 4.69) is 143 Å². The second kappa shape index (κ2) is 76.1. The zero-order valence-corrected chi connectivity index (χ0v) is 66.7. The first kappa shape index (κ1) is 98.9. The maximum atomic E-state index is 13.1. The number of ether oxygens (including phenoxy) is 4. The van der Waals surface area contributed by atoms with Crippen LogP contribution < -0.4 is 0 Å². The summed E-state index contributed by atoms with van der Waals surface area (Å²) in [6, 6.07) is 0. The Labute approximate surface area is 630 Å². The number of phosphoric acid groups is 2. The topological polar surface area (TPSA) is 237 Å². The summed E-state index contributed by atoms with van der Waals surface area (Å²) < 4.78 is 68.5. The number of allylic oxidation sites excluding steroid dienone is 24. The first-order valence-corrected chi connectivity index (χ1v) is 43.1. The highest BCUT2D eigenvalue weighted by atomic mass is 31.2. The summed E-state index contributed by atoms with van der Waals surface area (Å²) in [5.41, 5.74) is 0. The normalized spacial score (nSPS) is 14.6. The average molecular weight is 1500 g/mol. The number of carbonyl (C=O) groups excluding carboxylic acids is 4. The molecule has 0 aromatic rings. The van der Waals surface area contributed by atoms with Crippen LogP contribution in [0.3, 0.4) is 0 Å². The molecule has 0 aliphatic rings. The summed E-state index contributed by atoms with van der Waals surface area (Å²) in [4.78, 5) is 73.0. The fourth-order valence-corrected chi connectivity index (χ4v) is 11.9. The van der Waals surface area contributed by atoms with Crippen molar-refractivity contribution in [3.05, 3.63) is 146 Å². The van der Waals surface area contributed by atoms with Gasteiger partial charge in [-0.2, -0.15) is 0 Å². The molecule has 0 fully saturated rings. The lowest BCUT2D eigenvalue weighted by molar-refractivity contribution is -0.161. The molecule has 5 unspecified atom stereocenters. The Hall–Kier alpha value is -5.06. The van der Waals surface area contributed by atoms with Crippen LogP contribution in [-0.4, -0.2) is 96.7 Å². The van der Waals surface area contributed by atoms with Crippen LogP contribution in [0.5, 0.6) is 0 Å². The predicted molar refractivity (Wildman–Crippen MR) is 427 cm³/mol. The van der Waals surface area contributed by atoms with Gasteiger partial charge >= 0.3 is 39.5 Å². The molecule has 0 bridgehead atoms. The van der Waals surface area contributed by atoms with Crippen molar-refractivity contribution in [2.24, 2.45) is 0 Å². The Morgan fingerprint density at radius 2 is 0.529 bits per heavy atom. The SMILES string of the molecule is CC/C=C\C/C=C\C/C=C\C/C=C\C/C=C\C/C=C\CCC(=O)OCC(COP(=O)(O)OCC(O)COP(=O)(O)OCC(COC(=O)CCCCCCCCCCCCCCCCC)OC(=O)CCCCCCC/C=C\CCCCCC)OC(=O)CCC/C=C\C/C=C\C/C=C\C/C=C\C/C=C\CC. The van der Waals surface area contributed by atoms with E-state index in [9.17, 15) is 43.2 Å². The summed E-state index contributed by atoms with van der Waals surface area (Å²) >= 11 is 0. The Kier molecular flexibility index (Phi) is 72.4. The number of phosphoric ester groups is 2. The van der Waals surface area contributed by atoms with E-state index in [-0.39, 0.29) is 25.7 Å². The number of hydrogen-bond acceptors (Lipinski definition) is 15. The van der Waals surface area contributed by atoms with Gasteiger partial charge < -0.3 is 33.8 Å². The van der Waals surface area contributed by atoms with Crippen LogP contribution >= 0.6 is 15.6 Å². The van der Waals surface area contributed by atoms with Crippen molar-refractivity contribution in [2.45, 2.75) is 329 Å². The van der Waals surface area contributed by atoms with Gasteiger partial charge in [0.15, 0.2) is 12.2 Å². The second-order valence-corrected chi connectivity index (χ2v) is 29.2. The van der Waals surface area contributed by atoms with Gasteiger partial charge in [0.25, 0.3) is 0 Å². The van der Waals surface area contributed by atoms with Gasteiger partial charge in [-0.05, 0) is 128 Å². The van der Waals surface area contributed by atoms with Gasteiger partial charge in [-0.3, -0.25) is 37.3 Å². The minimum atomic E-state index is -5.01. The molecule has 19 heteroatoms. The molecule has 5 atom stereocenters. The van der Waals surface area contributed by atoms with Crippen LogP contribution in [0.4, 0.5) is 0 Å². The monoisotopic (exact) mass is 1500 g/mol. The van der Waals surface area contributed by atoms with E-state index in [1.54, 1.807) is 0 Å². The van der Waals surface area contributed by atoms with E-state index in [1.165, 1.54) is 96.3 Å². The number of hydrogen-bond donors (Lipinski definition) is 3. The Morgan fingerprint density at radius 1 is 0.279 bits per heavy atom. The molecule has 0 aromatic carbocycles. The lowest BCUT2D eigenvalue weighted by atomic mass is 10.0. The van der Waals surface area contributed by atoms with E-state index >= 15 is 0 Å². The molecule has 0 aliphatic heterocycles.